The first-order valence-electron chi connectivity index (χ1n) is 7.94. The van der Waals surface area contributed by atoms with Crippen LogP contribution in [-0.2, 0) is 0 Å². The van der Waals surface area contributed by atoms with Crippen LogP contribution in [0.5, 0.6) is 0 Å². The van der Waals surface area contributed by atoms with E-state index in [1.165, 1.54) is 6.92 Å². The molecular formula is C20H22O3. The highest BCUT2D eigenvalue weighted by Crippen LogP contribution is 2.32. The number of ketones is 3. The maximum absolute atomic E-state index is 12.6. The van der Waals surface area contributed by atoms with Crippen LogP contribution in [0.15, 0.2) is 24.3 Å². The van der Waals surface area contributed by atoms with E-state index in [9.17, 15) is 14.4 Å². The van der Waals surface area contributed by atoms with Crippen molar-refractivity contribution in [1.82, 2.24) is 0 Å². The number of benzene rings is 2. The van der Waals surface area contributed by atoms with Gasteiger partial charge < -0.3 is 0 Å². The van der Waals surface area contributed by atoms with E-state index >= 15 is 0 Å². The summed E-state index contributed by atoms with van der Waals surface area (Å²) in [6.45, 7) is 8.89. The highest BCUT2D eigenvalue weighted by atomic mass is 16.1. The lowest BCUT2D eigenvalue weighted by atomic mass is 9.86. The van der Waals surface area contributed by atoms with Crippen molar-refractivity contribution in [3.05, 3.63) is 46.5 Å². The Kier molecular flexibility index (Phi) is 4.79. The summed E-state index contributed by atoms with van der Waals surface area (Å²) in [5, 5.41) is 1.35. The summed E-state index contributed by atoms with van der Waals surface area (Å²) in [7, 11) is 0. The summed E-state index contributed by atoms with van der Waals surface area (Å²) in [4.78, 5) is 37.0. The second-order valence-electron chi connectivity index (χ2n) is 6.19. The van der Waals surface area contributed by atoms with E-state index in [0.29, 0.717) is 28.5 Å². The Hall–Kier alpha value is -2.29. The summed E-state index contributed by atoms with van der Waals surface area (Å²) in [6.07, 6.45) is 0.359. The van der Waals surface area contributed by atoms with Crippen molar-refractivity contribution in [2.75, 3.05) is 0 Å². The first-order valence-corrected chi connectivity index (χ1v) is 7.94. The number of hydrogen-bond acceptors (Lipinski definition) is 3. The largest absolute Gasteiger partial charge is 0.294 e. The maximum atomic E-state index is 12.6. The third-order valence-corrected chi connectivity index (χ3v) is 4.16. The van der Waals surface area contributed by atoms with Gasteiger partial charge in [-0.2, -0.15) is 0 Å². The number of aryl methyl sites for hydroxylation is 1. The zero-order valence-electron chi connectivity index (χ0n) is 14.3. The SMILES string of the molecule is CCC(=O)c1ccc(C(=O)C(C)C)c2c(C)ccc(C(C)=O)c12. The minimum absolute atomic E-state index is 0.0216. The van der Waals surface area contributed by atoms with Crippen LogP contribution in [0.3, 0.4) is 0 Å². The Morgan fingerprint density at radius 2 is 1.48 bits per heavy atom. The molecule has 23 heavy (non-hydrogen) atoms. The lowest BCUT2D eigenvalue weighted by Gasteiger charge is -2.16. The van der Waals surface area contributed by atoms with Crippen molar-refractivity contribution in [2.24, 2.45) is 5.92 Å². The number of carbonyl (C=O) groups excluding carboxylic acids is 3. The van der Waals surface area contributed by atoms with Gasteiger partial charge in [0.25, 0.3) is 0 Å². The van der Waals surface area contributed by atoms with Crippen molar-refractivity contribution in [2.45, 2.75) is 41.0 Å². The lowest BCUT2D eigenvalue weighted by Crippen LogP contribution is -2.11. The van der Waals surface area contributed by atoms with Crippen LogP contribution in [0.4, 0.5) is 0 Å². The van der Waals surface area contributed by atoms with E-state index in [0.717, 1.165) is 10.9 Å². The van der Waals surface area contributed by atoms with Crippen LogP contribution >= 0.6 is 0 Å². The van der Waals surface area contributed by atoms with Crippen LogP contribution in [-0.4, -0.2) is 17.3 Å². The second kappa shape index (κ2) is 6.45. The van der Waals surface area contributed by atoms with Gasteiger partial charge in [0.2, 0.25) is 0 Å². The molecule has 0 atom stereocenters. The van der Waals surface area contributed by atoms with E-state index in [-0.39, 0.29) is 23.3 Å². The molecule has 0 aromatic heterocycles. The highest BCUT2D eigenvalue weighted by Gasteiger charge is 2.21. The van der Waals surface area contributed by atoms with E-state index in [1.807, 2.05) is 26.8 Å². The molecule has 0 unspecified atom stereocenters. The Labute approximate surface area is 136 Å². The van der Waals surface area contributed by atoms with Crippen LogP contribution in [0, 0.1) is 12.8 Å². The maximum Gasteiger partial charge on any atom is 0.166 e. The van der Waals surface area contributed by atoms with Gasteiger partial charge in [-0.1, -0.05) is 45.0 Å². The molecule has 120 valence electrons. The lowest BCUT2D eigenvalue weighted by molar-refractivity contribution is 0.0938. The average molecular weight is 310 g/mol. The molecule has 0 N–H and O–H groups in total. The molecule has 0 fully saturated rings. The summed E-state index contributed by atoms with van der Waals surface area (Å²) >= 11 is 0. The van der Waals surface area contributed by atoms with Gasteiger partial charge in [0, 0.05) is 34.4 Å². The molecule has 0 aliphatic heterocycles. The minimum atomic E-state index is -0.147. The topological polar surface area (TPSA) is 51.2 Å². The summed E-state index contributed by atoms with van der Waals surface area (Å²) in [6, 6.07) is 7.01. The molecule has 0 saturated carbocycles. The molecule has 2 aromatic carbocycles. The molecule has 2 aromatic rings. The first kappa shape index (κ1) is 17.1. The Balaban J connectivity index is 3.01. The van der Waals surface area contributed by atoms with Gasteiger partial charge in [0.1, 0.15) is 0 Å². The summed E-state index contributed by atoms with van der Waals surface area (Å²) in [5.41, 5.74) is 2.51. The quantitative estimate of drug-likeness (QED) is 0.747. The molecule has 0 heterocycles. The molecule has 3 heteroatoms. The van der Waals surface area contributed by atoms with Gasteiger partial charge >= 0.3 is 0 Å². The summed E-state index contributed by atoms with van der Waals surface area (Å²) in [5.74, 6) is -0.249. The molecule has 0 aliphatic carbocycles. The van der Waals surface area contributed by atoms with Crippen LogP contribution in [0.2, 0.25) is 0 Å². The minimum Gasteiger partial charge on any atom is -0.294 e. The number of fused-ring (bicyclic) bond motifs is 1. The third kappa shape index (κ3) is 2.96. The first-order chi connectivity index (χ1) is 10.8. The average Bonchev–Trinajstić information content (AvgIpc) is 2.52. The van der Waals surface area contributed by atoms with E-state index < -0.39 is 0 Å². The van der Waals surface area contributed by atoms with Crippen molar-refractivity contribution in [3.8, 4) is 0 Å². The molecule has 0 saturated heterocycles. The zero-order chi connectivity index (χ0) is 17.3. The molecule has 0 aliphatic rings. The molecule has 3 nitrogen and oxygen atoms in total. The van der Waals surface area contributed by atoms with Crippen molar-refractivity contribution in [1.29, 1.82) is 0 Å². The standard InChI is InChI=1S/C20H22O3/c1-6-17(22)15-9-10-16(20(23)11(2)3)18-12(4)7-8-14(13(5)21)19(15)18/h7-11H,6H2,1-5H3. The van der Waals surface area contributed by atoms with Crippen molar-refractivity contribution < 1.29 is 14.4 Å². The van der Waals surface area contributed by atoms with Crippen LogP contribution in [0.25, 0.3) is 10.8 Å². The Morgan fingerprint density at radius 3 is 2.00 bits per heavy atom. The van der Waals surface area contributed by atoms with Gasteiger partial charge in [0.15, 0.2) is 17.3 Å². The third-order valence-electron chi connectivity index (χ3n) is 4.16. The Bertz CT molecular complexity index is 813. The molecule has 0 radical (unpaired) electrons. The van der Waals surface area contributed by atoms with E-state index in [4.69, 9.17) is 0 Å². The Morgan fingerprint density at radius 1 is 0.913 bits per heavy atom. The summed E-state index contributed by atoms with van der Waals surface area (Å²) < 4.78 is 0. The molecule has 0 spiro atoms. The molecular weight excluding hydrogens is 288 g/mol. The van der Waals surface area contributed by atoms with Gasteiger partial charge in [0.05, 0.1) is 0 Å². The molecule has 0 bridgehead atoms. The fourth-order valence-electron chi connectivity index (χ4n) is 2.90. The number of carbonyl (C=O) groups is 3. The fourth-order valence-corrected chi connectivity index (χ4v) is 2.90. The zero-order valence-corrected chi connectivity index (χ0v) is 14.3. The second-order valence-corrected chi connectivity index (χ2v) is 6.19. The molecule has 0 amide bonds. The van der Waals surface area contributed by atoms with Crippen molar-refractivity contribution in [3.63, 3.8) is 0 Å². The molecule has 2 rings (SSSR count). The van der Waals surface area contributed by atoms with Gasteiger partial charge in [-0.25, -0.2) is 0 Å². The number of Topliss-reactive ketones (excluding diaryl/α,β-unsaturated/α-hetero) is 3. The smallest absolute Gasteiger partial charge is 0.166 e. The van der Waals surface area contributed by atoms with Gasteiger partial charge in [-0.3, -0.25) is 14.4 Å². The fraction of sp³-hybridized carbons (Fsp3) is 0.350. The van der Waals surface area contributed by atoms with E-state index in [2.05, 4.69) is 0 Å². The van der Waals surface area contributed by atoms with Crippen LogP contribution < -0.4 is 0 Å². The normalized spacial score (nSPS) is 11.0. The van der Waals surface area contributed by atoms with Gasteiger partial charge in [-0.05, 0) is 24.8 Å². The highest BCUT2D eigenvalue weighted by molar-refractivity contribution is 6.21. The number of rotatable bonds is 5. The van der Waals surface area contributed by atoms with Gasteiger partial charge in [-0.15, -0.1) is 0 Å². The predicted molar refractivity (Wildman–Crippen MR) is 92.5 cm³/mol. The monoisotopic (exact) mass is 310 g/mol. The predicted octanol–water partition coefficient (Wildman–Crippen LogP) is 4.78. The van der Waals surface area contributed by atoms with Crippen LogP contribution in [0.1, 0.15) is 70.8 Å². The van der Waals surface area contributed by atoms with E-state index in [1.54, 1.807) is 25.1 Å². The van der Waals surface area contributed by atoms with Crippen molar-refractivity contribution >= 4 is 28.1 Å². The number of hydrogen-bond donors (Lipinski definition) is 0.